The van der Waals surface area contributed by atoms with Gasteiger partial charge >= 0.3 is 0 Å². The quantitative estimate of drug-likeness (QED) is 0.293. The van der Waals surface area contributed by atoms with Crippen LogP contribution in [0, 0.1) is 6.92 Å². The topological polar surface area (TPSA) is 26.8 Å². The summed E-state index contributed by atoms with van der Waals surface area (Å²) in [6, 6.07) is 22.8. The molecule has 0 N–H and O–H groups in total. The standard InChI is InChI=1S/C30H37N3O/c1-23-11-7-10-14-29(23)26-19-27(21-28(20-26)33(6)18-17-31(2)3)30(34)16-15-24-12-8-9-13-25(24)22-32(4)5/h7-16,19-21H,17-18,22H2,1-6H3/b16-15+. The van der Waals surface area contributed by atoms with Gasteiger partial charge in [-0.05, 0) is 87.2 Å². The number of benzene rings is 3. The van der Waals surface area contributed by atoms with E-state index in [-0.39, 0.29) is 5.78 Å². The average Bonchev–Trinajstić information content (AvgIpc) is 2.81. The van der Waals surface area contributed by atoms with Crippen LogP contribution in [0.1, 0.15) is 27.0 Å². The van der Waals surface area contributed by atoms with Crippen LogP contribution in [0.25, 0.3) is 17.2 Å². The molecule has 4 heteroatoms. The Morgan fingerprint density at radius 1 is 0.824 bits per heavy atom. The molecule has 0 bridgehead atoms. The first-order valence-electron chi connectivity index (χ1n) is 11.8. The molecule has 0 atom stereocenters. The third kappa shape index (κ3) is 6.89. The van der Waals surface area contributed by atoms with E-state index in [1.165, 1.54) is 11.1 Å². The fourth-order valence-corrected chi connectivity index (χ4v) is 3.95. The first kappa shape index (κ1) is 25.4. The second kappa shape index (κ2) is 11.8. The first-order valence-corrected chi connectivity index (χ1v) is 11.8. The van der Waals surface area contributed by atoms with Crippen LogP contribution in [-0.4, -0.2) is 63.9 Å². The Labute approximate surface area is 205 Å². The molecule has 3 rings (SSSR count). The van der Waals surface area contributed by atoms with Gasteiger partial charge in [-0.3, -0.25) is 4.79 Å². The van der Waals surface area contributed by atoms with E-state index in [4.69, 9.17) is 0 Å². The maximum absolute atomic E-state index is 13.3. The van der Waals surface area contributed by atoms with Gasteiger partial charge in [0.15, 0.2) is 5.78 Å². The van der Waals surface area contributed by atoms with Crippen LogP contribution in [0.5, 0.6) is 0 Å². The molecule has 0 amide bonds. The lowest BCUT2D eigenvalue weighted by Crippen LogP contribution is -2.28. The van der Waals surface area contributed by atoms with Crippen molar-refractivity contribution >= 4 is 17.5 Å². The number of rotatable bonds is 10. The number of allylic oxidation sites excluding steroid dienone is 1. The number of aryl methyl sites for hydroxylation is 1. The Morgan fingerprint density at radius 3 is 2.24 bits per heavy atom. The van der Waals surface area contributed by atoms with E-state index in [0.717, 1.165) is 42.0 Å². The second-order valence-electron chi connectivity index (χ2n) is 9.44. The normalized spacial score (nSPS) is 11.5. The molecular weight excluding hydrogens is 418 g/mol. The van der Waals surface area contributed by atoms with E-state index >= 15 is 0 Å². The number of hydrogen-bond donors (Lipinski definition) is 0. The molecule has 0 radical (unpaired) electrons. The van der Waals surface area contributed by atoms with Crippen molar-refractivity contribution < 1.29 is 4.79 Å². The van der Waals surface area contributed by atoms with Crippen LogP contribution in [0.4, 0.5) is 5.69 Å². The molecule has 0 spiro atoms. The summed E-state index contributed by atoms with van der Waals surface area (Å²) in [6.07, 6.45) is 3.64. The highest BCUT2D eigenvalue weighted by atomic mass is 16.1. The molecule has 4 nitrogen and oxygen atoms in total. The van der Waals surface area contributed by atoms with Gasteiger partial charge in [0.25, 0.3) is 0 Å². The van der Waals surface area contributed by atoms with Crippen molar-refractivity contribution in [2.24, 2.45) is 0 Å². The molecule has 34 heavy (non-hydrogen) atoms. The SMILES string of the molecule is Cc1ccccc1-c1cc(C(=O)/C=C/c2ccccc2CN(C)C)cc(N(C)CCN(C)C)c1. The van der Waals surface area contributed by atoms with Gasteiger partial charge in [-0.15, -0.1) is 0 Å². The first-order chi connectivity index (χ1) is 16.2. The van der Waals surface area contributed by atoms with Gasteiger partial charge in [0.1, 0.15) is 0 Å². The molecule has 0 aliphatic heterocycles. The molecule has 0 unspecified atom stereocenters. The molecule has 0 fully saturated rings. The highest BCUT2D eigenvalue weighted by Crippen LogP contribution is 2.29. The van der Waals surface area contributed by atoms with Crippen LogP contribution in [0.15, 0.2) is 72.8 Å². The van der Waals surface area contributed by atoms with Gasteiger partial charge in [-0.1, -0.05) is 54.6 Å². The highest BCUT2D eigenvalue weighted by Gasteiger charge is 2.12. The molecule has 0 heterocycles. The zero-order valence-corrected chi connectivity index (χ0v) is 21.4. The number of anilines is 1. The van der Waals surface area contributed by atoms with Crippen molar-refractivity contribution in [1.82, 2.24) is 9.80 Å². The zero-order valence-electron chi connectivity index (χ0n) is 21.4. The van der Waals surface area contributed by atoms with E-state index in [1.54, 1.807) is 6.08 Å². The van der Waals surface area contributed by atoms with Gasteiger partial charge in [0.2, 0.25) is 0 Å². The lowest BCUT2D eigenvalue weighted by Gasteiger charge is -2.23. The monoisotopic (exact) mass is 455 g/mol. The lowest BCUT2D eigenvalue weighted by molar-refractivity contribution is 0.104. The Kier molecular flexibility index (Phi) is 8.80. The number of carbonyl (C=O) groups excluding carboxylic acids is 1. The van der Waals surface area contributed by atoms with Crippen molar-refractivity contribution in [3.8, 4) is 11.1 Å². The van der Waals surface area contributed by atoms with Crippen molar-refractivity contribution in [1.29, 1.82) is 0 Å². The Morgan fingerprint density at radius 2 is 1.53 bits per heavy atom. The Balaban J connectivity index is 1.97. The summed E-state index contributed by atoms with van der Waals surface area (Å²) in [5.41, 5.74) is 7.44. The van der Waals surface area contributed by atoms with Crippen molar-refractivity contribution in [3.63, 3.8) is 0 Å². The summed E-state index contributed by atoms with van der Waals surface area (Å²) in [5, 5.41) is 0. The third-order valence-corrected chi connectivity index (χ3v) is 5.94. The predicted octanol–water partition coefficient (Wildman–Crippen LogP) is 5.62. The number of likely N-dealkylation sites (N-methyl/N-ethyl adjacent to an activating group) is 2. The summed E-state index contributed by atoms with van der Waals surface area (Å²) < 4.78 is 0. The van der Waals surface area contributed by atoms with Crippen LogP contribution >= 0.6 is 0 Å². The number of hydrogen-bond acceptors (Lipinski definition) is 4. The van der Waals surface area contributed by atoms with E-state index in [1.807, 2.05) is 42.5 Å². The minimum Gasteiger partial charge on any atom is -0.373 e. The second-order valence-corrected chi connectivity index (χ2v) is 9.44. The molecular formula is C30H37N3O. The van der Waals surface area contributed by atoms with Crippen LogP contribution in [0.3, 0.4) is 0 Å². The Bertz CT molecular complexity index is 1150. The predicted molar refractivity (Wildman–Crippen MR) is 146 cm³/mol. The van der Waals surface area contributed by atoms with Gasteiger partial charge in [0.05, 0.1) is 0 Å². The molecule has 0 saturated carbocycles. The van der Waals surface area contributed by atoms with Gasteiger partial charge in [-0.25, -0.2) is 0 Å². The molecule has 0 aromatic heterocycles. The zero-order chi connectivity index (χ0) is 24.7. The van der Waals surface area contributed by atoms with Crippen molar-refractivity contribution in [2.45, 2.75) is 13.5 Å². The molecule has 0 aliphatic carbocycles. The maximum Gasteiger partial charge on any atom is 0.185 e. The summed E-state index contributed by atoms with van der Waals surface area (Å²) >= 11 is 0. The van der Waals surface area contributed by atoms with E-state index in [2.05, 4.69) is 87.2 Å². The Hall–Kier alpha value is -3.21. The van der Waals surface area contributed by atoms with E-state index < -0.39 is 0 Å². The van der Waals surface area contributed by atoms with Crippen LogP contribution in [0.2, 0.25) is 0 Å². The van der Waals surface area contributed by atoms with Gasteiger partial charge in [-0.2, -0.15) is 0 Å². The molecule has 0 aliphatic rings. The fourth-order valence-electron chi connectivity index (χ4n) is 3.95. The average molecular weight is 456 g/mol. The highest BCUT2D eigenvalue weighted by molar-refractivity contribution is 6.08. The number of nitrogens with zero attached hydrogens (tertiary/aromatic N) is 3. The number of ketones is 1. The summed E-state index contributed by atoms with van der Waals surface area (Å²) in [5.74, 6) is 0.0114. The van der Waals surface area contributed by atoms with Crippen LogP contribution in [-0.2, 0) is 6.54 Å². The molecule has 3 aromatic rings. The van der Waals surface area contributed by atoms with Crippen LogP contribution < -0.4 is 4.90 Å². The van der Waals surface area contributed by atoms with Gasteiger partial charge in [0, 0.05) is 37.9 Å². The smallest absolute Gasteiger partial charge is 0.185 e. The van der Waals surface area contributed by atoms with Gasteiger partial charge < -0.3 is 14.7 Å². The third-order valence-electron chi connectivity index (χ3n) is 5.94. The summed E-state index contributed by atoms with van der Waals surface area (Å²) in [7, 11) is 10.3. The van der Waals surface area contributed by atoms with Crippen molar-refractivity contribution in [2.75, 3.05) is 53.2 Å². The molecule has 178 valence electrons. The minimum atomic E-state index is 0.0114. The lowest BCUT2D eigenvalue weighted by atomic mass is 9.96. The molecule has 3 aromatic carbocycles. The summed E-state index contributed by atoms with van der Waals surface area (Å²) in [4.78, 5) is 19.9. The fraction of sp³-hybridized carbons (Fsp3) is 0.300. The van der Waals surface area contributed by atoms with E-state index in [0.29, 0.717) is 5.56 Å². The van der Waals surface area contributed by atoms with E-state index in [9.17, 15) is 4.79 Å². The minimum absolute atomic E-state index is 0.0114. The largest absolute Gasteiger partial charge is 0.373 e. The molecule has 0 saturated heterocycles. The maximum atomic E-state index is 13.3. The van der Waals surface area contributed by atoms with Crippen molar-refractivity contribution in [3.05, 3.63) is 95.1 Å². The summed E-state index contributed by atoms with van der Waals surface area (Å²) in [6.45, 7) is 4.77. The number of carbonyl (C=O) groups is 1.